The number of allylic oxidation sites excluding steroid dienone is 2. The van der Waals surface area contributed by atoms with E-state index in [2.05, 4.69) is 69.2 Å². The molecule has 1 aliphatic heterocycles. The summed E-state index contributed by atoms with van der Waals surface area (Å²) in [5, 5.41) is 0. The van der Waals surface area contributed by atoms with Gasteiger partial charge in [-0.2, -0.15) is 0 Å². The molecule has 0 amide bonds. The molecule has 3 aromatic rings. The molecule has 0 atom stereocenters. The first-order valence-corrected chi connectivity index (χ1v) is 10.3. The summed E-state index contributed by atoms with van der Waals surface area (Å²) >= 11 is 0. The van der Waals surface area contributed by atoms with Gasteiger partial charge in [0.2, 0.25) is 0 Å². The van der Waals surface area contributed by atoms with E-state index in [0.717, 1.165) is 37.4 Å². The zero-order valence-corrected chi connectivity index (χ0v) is 17.6. The van der Waals surface area contributed by atoms with Gasteiger partial charge < -0.3 is 9.80 Å². The zero-order valence-electron chi connectivity index (χ0n) is 17.6. The Labute approximate surface area is 178 Å². The van der Waals surface area contributed by atoms with E-state index in [1.165, 1.54) is 22.5 Å². The lowest BCUT2D eigenvalue weighted by molar-refractivity contribution is 0.653. The van der Waals surface area contributed by atoms with Crippen LogP contribution < -0.4 is 9.80 Å². The Morgan fingerprint density at radius 3 is 2.30 bits per heavy atom. The van der Waals surface area contributed by atoms with Gasteiger partial charge in [0.05, 0.1) is 11.4 Å². The van der Waals surface area contributed by atoms with Gasteiger partial charge >= 0.3 is 0 Å². The van der Waals surface area contributed by atoms with Crippen LogP contribution in [0.25, 0.3) is 16.8 Å². The quantitative estimate of drug-likeness (QED) is 0.592. The second-order valence-electron chi connectivity index (χ2n) is 7.38. The molecule has 4 rings (SSSR count). The SMILES string of the molecule is C/N=C\C=C(/C)c1ccc(-c2ncccc2N2CCN(c3ccncc3)CC2)cc1. The number of rotatable bonds is 5. The average Bonchev–Trinajstić information content (AvgIpc) is 2.83. The Morgan fingerprint density at radius 2 is 1.60 bits per heavy atom. The maximum Gasteiger partial charge on any atom is 0.0935 e. The maximum absolute atomic E-state index is 4.73. The second-order valence-corrected chi connectivity index (χ2v) is 7.38. The van der Waals surface area contributed by atoms with Crippen LogP contribution in [0.2, 0.25) is 0 Å². The molecule has 1 aliphatic rings. The Morgan fingerprint density at radius 1 is 0.900 bits per heavy atom. The fraction of sp³-hybridized carbons (Fsp3) is 0.240. The van der Waals surface area contributed by atoms with E-state index in [0.29, 0.717) is 0 Å². The molecule has 0 N–H and O–H groups in total. The maximum atomic E-state index is 4.73. The van der Waals surface area contributed by atoms with Crippen LogP contribution in [0.3, 0.4) is 0 Å². The first-order valence-electron chi connectivity index (χ1n) is 10.3. The number of aliphatic imine (C=N–C) groups is 1. The topological polar surface area (TPSA) is 44.6 Å². The van der Waals surface area contributed by atoms with Gasteiger partial charge in [0.1, 0.15) is 0 Å². The van der Waals surface area contributed by atoms with Crippen LogP contribution in [0.5, 0.6) is 0 Å². The molecule has 30 heavy (non-hydrogen) atoms. The Bertz CT molecular complexity index is 1020. The van der Waals surface area contributed by atoms with Crippen LogP contribution >= 0.6 is 0 Å². The monoisotopic (exact) mass is 397 g/mol. The summed E-state index contributed by atoms with van der Waals surface area (Å²) in [7, 11) is 1.78. The summed E-state index contributed by atoms with van der Waals surface area (Å²) in [5.41, 5.74) is 7.01. The van der Waals surface area contributed by atoms with Gasteiger partial charge in [0, 0.05) is 69.3 Å². The third-order valence-corrected chi connectivity index (χ3v) is 5.52. The van der Waals surface area contributed by atoms with Crippen LogP contribution in [0, 0.1) is 0 Å². The number of anilines is 2. The molecule has 0 saturated carbocycles. The van der Waals surface area contributed by atoms with Crippen molar-refractivity contribution in [2.75, 3.05) is 43.0 Å². The summed E-state index contributed by atoms with van der Waals surface area (Å²) < 4.78 is 0. The van der Waals surface area contributed by atoms with Gasteiger partial charge in [-0.15, -0.1) is 0 Å². The lowest BCUT2D eigenvalue weighted by Gasteiger charge is -2.37. The molecule has 0 radical (unpaired) electrons. The van der Waals surface area contributed by atoms with E-state index in [1.54, 1.807) is 7.05 Å². The molecule has 0 unspecified atom stereocenters. The van der Waals surface area contributed by atoms with Crippen LogP contribution in [0.1, 0.15) is 12.5 Å². The highest BCUT2D eigenvalue weighted by Gasteiger charge is 2.20. The Balaban J connectivity index is 1.52. The first-order chi connectivity index (χ1) is 14.8. The van der Waals surface area contributed by atoms with Crippen molar-refractivity contribution in [3.05, 3.63) is 78.8 Å². The molecule has 0 aliphatic carbocycles. The van der Waals surface area contributed by atoms with Gasteiger partial charge in [0.15, 0.2) is 0 Å². The molecule has 152 valence electrons. The van der Waals surface area contributed by atoms with Crippen molar-refractivity contribution in [2.45, 2.75) is 6.92 Å². The van der Waals surface area contributed by atoms with E-state index in [9.17, 15) is 0 Å². The normalized spacial score (nSPS) is 15.1. The predicted molar refractivity (Wildman–Crippen MR) is 126 cm³/mol. The minimum Gasteiger partial charge on any atom is -0.368 e. The van der Waals surface area contributed by atoms with Crippen molar-refractivity contribution in [1.29, 1.82) is 0 Å². The molecule has 1 aromatic carbocycles. The minimum atomic E-state index is 0.970. The van der Waals surface area contributed by atoms with Gasteiger partial charge in [-0.05, 0) is 48.4 Å². The van der Waals surface area contributed by atoms with Crippen molar-refractivity contribution in [2.24, 2.45) is 4.99 Å². The number of hydrogen-bond donors (Lipinski definition) is 0. The molecule has 5 nitrogen and oxygen atoms in total. The highest BCUT2D eigenvalue weighted by atomic mass is 15.3. The van der Waals surface area contributed by atoms with Crippen molar-refractivity contribution in [3.63, 3.8) is 0 Å². The molecule has 0 spiro atoms. The summed E-state index contributed by atoms with van der Waals surface area (Å²) in [6, 6.07) is 17.0. The van der Waals surface area contributed by atoms with E-state index in [-0.39, 0.29) is 0 Å². The fourth-order valence-corrected chi connectivity index (χ4v) is 3.81. The largest absolute Gasteiger partial charge is 0.368 e. The third kappa shape index (κ3) is 4.40. The summed E-state index contributed by atoms with van der Waals surface area (Å²) in [4.78, 5) is 17.7. The fourth-order valence-electron chi connectivity index (χ4n) is 3.81. The van der Waals surface area contributed by atoms with Crippen molar-refractivity contribution in [3.8, 4) is 11.3 Å². The molecule has 2 aromatic heterocycles. The number of aromatic nitrogens is 2. The molecule has 0 bridgehead atoms. The molecule has 5 heteroatoms. The number of pyridine rings is 2. The van der Waals surface area contributed by atoms with Crippen molar-refractivity contribution >= 4 is 23.2 Å². The van der Waals surface area contributed by atoms with Gasteiger partial charge in [-0.1, -0.05) is 24.3 Å². The van der Waals surface area contributed by atoms with Crippen molar-refractivity contribution in [1.82, 2.24) is 9.97 Å². The Kier molecular flexibility index (Phi) is 6.18. The van der Waals surface area contributed by atoms with Gasteiger partial charge in [-0.3, -0.25) is 15.0 Å². The number of piperazine rings is 1. The van der Waals surface area contributed by atoms with Gasteiger partial charge in [0.25, 0.3) is 0 Å². The molecule has 1 saturated heterocycles. The Hall–Kier alpha value is -3.47. The second kappa shape index (κ2) is 9.35. The smallest absolute Gasteiger partial charge is 0.0935 e. The van der Waals surface area contributed by atoms with E-state index < -0.39 is 0 Å². The third-order valence-electron chi connectivity index (χ3n) is 5.52. The molecular formula is C25H27N5. The molecule has 3 heterocycles. The molecule has 1 fully saturated rings. The first kappa shape index (κ1) is 19.8. The van der Waals surface area contributed by atoms with Crippen molar-refractivity contribution < 1.29 is 0 Å². The number of benzene rings is 1. The predicted octanol–water partition coefficient (Wildman–Crippen LogP) is 4.57. The van der Waals surface area contributed by atoms with E-state index in [1.807, 2.05) is 36.9 Å². The molecular weight excluding hydrogens is 370 g/mol. The summed E-state index contributed by atoms with van der Waals surface area (Å²) in [6.07, 6.45) is 9.45. The number of nitrogens with zero attached hydrogens (tertiary/aromatic N) is 5. The lowest BCUT2D eigenvalue weighted by Crippen LogP contribution is -2.46. The van der Waals surface area contributed by atoms with Gasteiger partial charge in [-0.25, -0.2) is 0 Å². The number of hydrogen-bond acceptors (Lipinski definition) is 5. The van der Waals surface area contributed by atoms with Crippen LogP contribution in [0.4, 0.5) is 11.4 Å². The average molecular weight is 398 g/mol. The summed E-state index contributed by atoms with van der Waals surface area (Å²) in [5.74, 6) is 0. The van der Waals surface area contributed by atoms with Crippen LogP contribution in [-0.4, -0.2) is 49.4 Å². The van der Waals surface area contributed by atoms with Crippen LogP contribution in [-0.2, 0) is 0 Å². The standard InChI is InChI=1S/C25H27N5/c1-20(9-13-26-2)21-5-7-22(8-6-21)25-24(4-3-12-28-25)30-18-16-29(17-19-30)23-10-14-27-15-11-23/h3-15H,16-19H2,1-2H3/b20-9+,26-13-. The minimum absolute atomic E-state index is 0.970. The van der Waals surface area contributed by atoms with E-state index in [4.69, 9.17) is 4.98 Å². The summed E-state index contributed by atoms with van der Waals surface area (Å²) in [6.45, 7) is 6.01. The van der Waals surface area contributed by atoms with E-state index >= 15 is 0 Å². The highest BCUT2D eigenvalue weighted by molar-refractivity contribution is 5.84. The van der Waals surface area contributed by atoms with Crippen LogP contribution in [0.15, 0.2) is 78.2 Å². The zero-order chi connectivity index (χ0) is 20.8. The lowest BCUT2D eigenvalue weighted by atomic mass is 10.0. The highest BCUT2D eigenvalue weighted by Crippen LogP contribution is 2.30.